The summed E-state index contributed by atoms with van der Waals surface area (Å²) >= 11 is 0. The first kappa shape index (κ1) is 22.3. The van der Waals surface area contributed by atoms with Crippen LogP contribution < -0.4 is 10.6 Å². The Morgan fingerprint density at radius 1 is 0.929 bits per heavy atom. The summed E-state index contributed by atoms with van der Waals surface area (Å²) in [4.78, 5) is 34.2. The number of carbonyl (C=O) groups excluding carboxylic acids is 2. The third-order valence-corrected chi connectivity index (χ3v) is 6.43. The average Bonchev–Trinajstić information content (AvgIpc) is 3.27. The number of amides is 2. The molecular formula is C22H34N2O4. The third-order valence-electron chi connectivity index (χ3n) is 6.43. The van der Waals surface area contributed by atoms with Crippen LogP contribution in [0.5, 0.6) is 0 Å². The lowest BCUT2D eigenvalue weighted by Crippen LogP contribution is -2.41. The molecule has 2 aliphatic carbocycles. The molecule has 2 amide bonds. The molecule has 0 saturated heterocycles. The van der Waals surface area contributed by atoms with Crippen molar-refractivity contribution < 1.29 is 19.5 Å². The van der Waals surface area contributed by atoms with Crippen LogP contribution in [0, 0.1) is 36.0 Å². The summed E-state index contributed by atoms with van der Waals surface area (Å²) in [5.74, 6) is 4.09. The lowest BCUT2D eigenvalue weighted by molar-refractivity contribution is -0.137. The summed E-state index contributed by atoms with van der Waals surface area (Å²) in [7, 11) is 0. The number of hydrogen-bond donors (Lipinski definition) is 3. The van der Waals surface area contributed by atoms with Gasteiger partial charge in [0.2, 0.25) is 11.8 Å². The minimum atomic E-state index is -0.712. The third kappa shape index (κ3) is 7.18. The molecule has 0 heterocycles. The Hall–Kier alpha value is -2.03. The molecule has 0 aromatic heterocycles. The fraction of sp³-hybridized carbons (Fsp3) is 0.773. The Labute approximate surface area is 168 Å². The first-order chi connectivity index (χ1) is 13.5. The second-order valence-electron chi connectivity index (χ2n) is 8.29. The number of fused-ring (bicyclic) bond motifs is 2. The van der Waals surface area contributed by atoms with E-state index >= 15 is 0 Å². The maximum absolute atomic E-state index is 12.1. The molecule has 0 spiro atoms. The van der Waals surface area contributed by atoms with E-state index in [2.05, 4.69) is 16.6 Å². The van der Waals surface area contributed by atoms with Crippen molar-refractivity contribution in [2.24, 2.45) is 23.7 Å². The van der Waals surface area contributed by atoms with E-state index in [9.17, 15) is 14.4 Å². The zero-order valence-electron chi connectivity index (χ0n) is 16.8. The van der Waals surface area contributed by atoms with Gasteiger partial charge >= 0.3 is 5.97 Å². The van der Waals surface area contributed by atoms with Crippen molar-refractivity contribution >= 4 is 17.8 Å². The van der Waals surface area contributed by atoms with Gasteiger partial charge in [0.05, 0.1) is 6.54 Å². The molecule has 6 nitrogen and oxygen atoms in total. The fourth-order valence-corrected chi connectivity index (χ4v) is 5.05. The zero-order chi connectivity index (χ0) is 20.4. The second-order valence-corrected chi connectivity index (χ2v) is 8.29. The molecule has 0 radical (unpaired) electrons. The molecule has 4 unspecified atom stereocenters. The van der Waals surface area contributed by atoms with Crippen molar-refractivity contribution in [3.63, 3.8) is 0 Å². The molecule has 6 heteroatoms. The SMILES string of the molecule is C#CCCC(=O)NCC(=O)NCC1C2CCC(C2)C1CCCCCCC(=O)O. The second kappa shape index (κ2) is 11.7. The molecule has 156 valence electrons. The monoisotopic (exact) mass is 390 g/mol. The summed E-state index contributed by atoms with van der Waals surface area (Å²) in [5, 5.41) is 14.3. The van der Waals surface area contributed by atoms with Gasteiger partial charge in [-0.25, -0.2) is 0 Å². The predicted octanol–water partition coefficient (Wildman–Crippen LogP) is 2.72. The minimum Gasteiger partial charge on any atom is -0.481 e. The number of terminal acetylenes is 1. The van der Waals surface area contributed by atoms with Gasteiger partial charge in [-0.3, -0.25) is 14.4 Å². The van der Waals surface area contributed by atoms with E-state index in [1.807, 2.05) is 0 Å². The molecule has 2 aliphatic rings. The van der Waals surface area contributed by atoms with Crippen LogP contribution in [0.25, 0.3) is 0 Å². The summed E-state index contributed by atoms with van der Waals surface area (Å²) in [6.07, 6.45) is 15.0. The van der Waals surface area contributed by atoms with Crippen LogP contribution >= 0.6 is 0 Å². The lowest BCUT2D eigenvalue weighted by Gasteiger charge is -2.31. The highest BCUT2D eigenvalue weighted by molar-refractivity contribution is 5.84. The molecule has 4 atom stereocenters. The highest BCUT2D eigenvalue weighted by atomic mass is 16.4. The quantitative estimate of drug-likeness (QED) is 0.333. The van der Waals surface area contributed by atoms with Gasteiger partial charge in [0, 0.05) is 25.8 Å². The van der Waals surface area contributed by atoms with Crippen molar-refractivity contribution in [1.29, 1.82) is 0 Å². The molecule has 0 aromatic carbocycles. The van der Waals surface area contributed by atoms with E-state index in [1.165, 1.54) is 25.7 Å². The van der Waals surface area contributed by atoms with Crippen molar-refractivity contribution in [2.75, 3.05) is 13.1 Å². The summed E-state index contributed by atoms with van der Waals surface area (Å²) in [6.45, 7) is 0.711. The maximum Gasteiger partial charge on any atom is 0.303 e. The first-order valence-electron chi connectivity index (χ1n) is 10.7. The van der Waals surface area contributed by atoms with Crippen LogP contribution in [0.15, 0.2) is 0 Å². The van der Waals surface area contributed by atoms with E-state index < -0.39 is 5.97 Å². The van der Waals surface area contributed by atoms with E-state index in [0.29, 0.717) is 30.7 Å². The van der Waals surface area contributed by atoms with E-state index in [0.717, 1.165) is 31.6 Å². The Morgan fingerprint density at radius 2 is 1.64 bits per heavy atom. The van der Waals surface area contributed by atoms with Gasteiger partial charge in [0.1, 0.15) is 0 Å². The van der Waals surface area contributed by atoms with E-state index in [1.54, 1.807) is 0 Å². The molecule has 2 fully saturated rings. The summed E-state index contributed by atoms with van der Waals surface area (Å²) in [6, 6.07) is 0. The Bertz CT molecular complexity index is 584. The van der Waals surface area contributed by atoms with Gasteiger partial charge in [-0.2, -0.15) is 0 Å². The topological polar surface area (TPSA) is 95.5 Å². The van der Waals surface area contributed by atoms with Crippen LogP contribution in [-0.4, -0.2) is 36.0 Å². The number of unbranched alkanes of at least 4 members (excludes halogenated alkanes) is 3. The number of nitrogens with one attached hydrogen (secondary N) is 2. The number of rotatable bonds is 13. The molecule has 2 bridgehead atoms. The van der Waals surface area contributed by atoms with E-state index in [-0.39, 0.29) is 31.2 Å². The van der Waals surface area contributed by atoms with Crippen LogP contribution in [0.1, 0.15) is 70.6 Å². The molecular weight excluding hydrogens is 356 g/mol. The van der Waals surface area contributed by atoms with Crippen LogP contribution in [-0.2, 0) is 14.4 Å². The highest BCUT2D eigenvalue weighted by Crippen LogP contribution is 2.53. The minimum absolute atomic E-state index is 0.0124. The average molecular weight is 391 g/mol. The summed E-state index contributed by atoms with van der Waals surface area (Å²) < 4.78 is 0. The molecule has 0 aromatic rings. The van der Waals surface area contributed by atoms with Crippen molar-refractivity contribution in [3.8, 4) is 12.3 Å². The number of carboxylic acids is 1. The van der Waals surface area contributed by atoms with Gasteiger partial charge in [0.15, 0.2) is 0 Å². The molecule has 2 saturated carbocycles. The van der Waals surface area contributed by atoms with Crippen molar-refractivity contribution in [3.05, 3.63) is 0 Å². The van der Waals surface area contributed by atoms with Crippen molar-refractivity contribution in [1.82, 2.24) is 10.6 Å². The standard InChI is InChI=1S/C22H34N2O4/c1-2-3-9-20(25)24-15-21(26)23-14-19-17-12-11-16(13-17)18(19)8-6-4-5-7-10-22(27)28/h1,16-19H,3-15H2,(H,23,26)(H,24,25)(H,27,28). The van der Waals surface area contributed by atoms with E-state index in [4.69, 9.17) is 11.5 Å². The Morgan fingerprint density at radius 3 is 2.36 bits per heavy atom. The Kier molecular flexibility index (Phi) is 9.33. The highest BCUT2D eigenvalue weighted by Gasteiger charge is 2.46. The zero-order valence-corrected chi connectivity index (χ0v) is 16.8. The Balaban J connectivity index is 1.66. The van der Waals surface area contributed by atoms with Gasteiger partial charge in [-0.05, 0) is 55.8 Å². The molecule has 0 aliphatic heterocycles. The molecule has 28 heavy (non-hydrogen) atoms. The normalized spacial score (nSPS) is 25.2. The molecule has 2 rings (SSSR count). The number of aliphatic carboxylic acids is 1. The summed E-state index contributed by atoms with van der Waals surface area (Å²) in [5.41, 5.74) is 0. The van der Waals surface area contributed by atoms with Gasteiger partial charge in [0.25, 0.3) is 0 Å². The van der Waals surface area contributed by atoms with Gasteiger partial charge in [-0.15, -0.1) is 12.3 Å². The predicted molar refractivity (Wildman–Crippen MR) is 107 cm³/mol. The van der Waals surface area contributed by atoms with Crippen LogP contribution in [0.3, 0.4) is 0 Å². The number of carbonyl (C=O) groups is 3. The maximum atomic E-state index is 12.1. The van der Waals surface area contributed by atoms with Gasteiger partial charge < -0.3 is 15.7 Å². The number of hydrogen-bond acceptors (Lipinski definition) is 3. The fourth-order valence-electron chi connectivity index (χ4n) is 5.05. The van der Waals surface area contributed by atoms with Gasteiger partial charge in [-0.1, -0.05) is 19.3 Å². The smallest absolute Gasteiger partial charge is 0.303 e. The largest absolute Gasteiger partial charge is 0.481 e. The first-order valence-corrected chi connectivity index (χ1v) is 10.7. The van der Waals surface area contributed by atoms with Crippen LogP contribution in [0.4, 0.5) is 0 Å². The number of carboxylic acid groups (broad SMARTS) is 1. The van der Waals surface area contributed by atoms with Crippen LogP contribution in [0.2, 0.25) is 0 Å². The molecule has 3 N–H and O–H groups in total. The van der Waals surface area contributed by atoms with Crippen molar-refractivity contribution in [2.45, 2.75) is 70.6 Å². The lowest BCUT2D eigenvalue weighted by atomic mass is 9.76.